The Morgan fingerprint density at radius 1 is 1.19 bits per heavy atom. The number of carbonyl (C=O) groups is 3. The van der Waals surface area contributed by atoms with Crippen LogP contribution in [-0.2, 0) is 9.59 Å². The molecule has 0 aliphatic carbocycles. The van der Waals surface area contributed by atoms with Crippen LogP contribution in [0.2, 0.25) is 0 Å². The molecule has 0 aromatic heterocycles. The van der Waals surface area contributed by atoms with E-state index in [1.54, 1.807) is 0 Å². The van der Waals surface area contributed by atoms with Crippen molar-refractivity contribution in [2.45, 2.75) is 25.7 Å². The Balaban J connectivity index is 1.64. The molecule has 27 heavy (non-hydrogen) atoms. The maximum Gasteiger partial charge on any atom is 0.323 e. The van der Waals surface area contributed by atoms with Crippen LogP contribution in [0.25, 0.3) is 0 Å². The summed E-state index contributed by atoms with van der Waals surface area (Å²) < 4.78 is 0. The van der Waals surface area contributed by atoms with Crippen LogP contribution >= 0.6 is 0 Å². The summed E-state index contributed by atoms with van der Waals surface area (Å²) in [5.41, 5.74) is 1.61. The molecule has 1 aromatic carbocycles. The Kier molecular flexibility index (Phi) is 5.39. The summed E-state index contributed by atoms with van der Waals surface area (Å²) in [6, 6.07) is 7.61. The van der Waals surface area contributed by atoms with Gasteiger partial charge in [-0.05, 0) is 42.9 Å². The molecule has 2 fully saturated rings. The van der Waals surface area contributed by atoms with Gasteiger partial charge in [0.1, 0.15) is 6.54 Å². The minimum atomic E-state index is -0.978. The van der Waals surface area contributed by atoms with Crippen LogP contribution in [0.1, 0.15) is 36.0 Å². The van der Waals surface area contributed by atoms with Crippen molar-refractivity contribution in [3.05, 3.63) is 29.8 Å². The Bertz CT molecular complexity index is 738. The second-order valence-corrected chi connectivity index (χ2v) is 7.88. The smallest absolute Gasteiger partial charge is 0.323 e. The average Bonchev–Trinajstić information content (AvgIpc) is 2.65. The summed E-state index contributed by atoms with van der Waals surface area (Å²) >= 11 is 0. The normalized spacial score (nSPS) is 19.3. The van der Waals surface area contributed by atoms with E-state index in [1.807, 2.05) is 48.2 Å². The molecule has 0 bridgehead atoms. The van der Waals surface area contributed by atoms with Crippen molar-refractivity contribution in [2.75, 3.05) is 45.2 Å². The van der Waals surface area contributed by atoms with Crippen LogP contribution in [0.3, 0.4) is 0 Å². The third-order valence-corrected chi connectivity index (χ3v) is 5.80. The molecule has 1 N–H and O–H groups in total. The third kappa shape index (κ3) is 4.23. The molecule has 2 aliphatic heterocycles. The molecule has 1 spiro atoms. The molecule has 0 saturated carbocycles. The summed E-state index contributed by atoms with van der Waals surface area (Å²) in [5.74, 6) is -1.03. The highest BCUT2D eigenvalue weighted by Gasteiger charge is 2.42. The average molecular weight is 373 g/mol. The quantitative estimate of drug-likeness (QED) is 0.869. The minimum absolute atomic E-state index is 0.0304. The van der Waals surface area contributed by atoms with Gasteiger partial charge in [0.2, 0.25) is 5.91 Å². The Morgan fingerprint density at radius 2 is 1.89 bits per heavy atom. The predicted octanol–water partition coefficient (Wildman–Crippen LogP) is 1.68. The zero-order valence-electron chi connectivity index (χ0n) is 16.0. The number of aliphatic carboxylic acids is 1. The van der Waals surface area contributed by atoms with E-state index in [-0.39, 0.29) is 23.8 Å². The molecule has 0 radical (unpaired) electrons. The molecular formula is C20H27N3O4. The number of nitrogens with zero attached hydrogens (tertiary/aromatic N) is 3. The first-order chi connectivity index (χ1) is 12.8. The zero-order chi connectivity index (χ0) is 19.6. The lowest BCUT2D eigenvalue weighted by Gasteiger charge is -2.47. The molecule has 1 aromatic rings. The number of piperidine rings is 2. The maximum absolute atomic E-state index is 12.9. The number of hydrogen-bond acceptors (Lipinski definition) is 4. The molecule has 2 amide bonds. The number of benzene rings is 1. The number of hydrogen-bond donors (Lipinski definition) is 1. The molecule has 7 heteroatoms. The van der Waals surface area contributed by atoms with Gasteiger partial charge in [-0.15, -0.1) is 0 Å². The number of likely N-dealkylation sites (tertiary alicyclic amines) is 2. The molecule has 3 rings (SSSR count). The van der Waals surface area contributed by atoms with E-state index in [1.165, 1.54) is 4.90 Å². The number of amides is 2. The van der Waals surface area contributed by atoms with Crippen molar-refractivity contribution in [3.63, 3.8) is 0 Å². The van der Waals surface area contributed by atoms with E-state index in [9.17, 15) is 14.4 Å². The fourth-order valence-corrected chi connectivity index (χ4v) is 4.10. The zero-order valence-corrected chi connectivity index (χ0v) is 16.0. The summed E-state index contributed by atoms with van der Waals surface area (Å²) in [5, 5.41) is 9.02. The van der Waals surface area contributed by atoms with Crippen LogP contribution in [-0.4, -0.2) is 73.0 Å². The van der Waals surface area contributed by atoms with E-state index in [4.69, 9.17) is 5.11 Å². The molecule has 0 unspecified atom stereocenters. The molecular weight excluding hydrogens is 346 g/mol. The van der Waals surface area contributed by atoms with Gasteiger partial charge in [0.05, 0.1) is 0 Å². The Labute approximate surface area is 159 Å². The largest absolute Gasteiger partial charge is 0.480 e. The van der Waals surface area contributed by atoms with Gasteiger partial charge in [0.25, 0.3) is 5.91 Å². The van der Waals surface area contributed by atoms with E-state index < -0.39 is 5.97 Å². The monoisotopic (exact) mass is 373 g/mol. The van der Waals surface area contributed by atoms with Crippen LogP contribution < -0.4 is 4.90 Å². The molecule has 2 aliphatic rings. The van der Waals surface area contributed by atoms with Gasteiger partial charge in [-0.25, -0.2) is 0 Å². The van der Waals surface area contributed by atoms with Crippen LogP contribution in [0.4, 0.5) is 5.69 Å². The number of anilines is 1. The predicted molar refractivity (Wildman–Crippen MR) is 102 cm³/mol. The Hall–Kier alpha value is -2.57. The van der Waals surface area contributed by atoms with Gasteiger partial charge < -0.3 is 19.8 Å². The molecule has 0 atom stereocenters. The lowest BCUT2D eigenvalue weighted by molar-refractivity contribution is -0.149. The van der Waals surface area contributed by atoms with Gasteiger partial charge in [0, 0.05) is 51.4 Å². The van der Waals surface area contributed by atoms with Crippen molar-refractivity contribution in [2.24, 2.45) is 5.41 Å². The minimum Gasteiger partial charge on any atom is -0.480 e. The van der Waals surface area contributed by atoms with E-state index >= 15 is 0 Å². The standard InChI is InChI=1S/C20H27N3O4/c1-21(2)16-5-3-4-15(12-16)19(27)22-10-8-20(9-11-22)7-6-17(24)23(14-20)13-18(25)26/h3-5,12H,6-11,13-14H2,1-2H3,(H,25,26). The fourth-order valence-electron chi connectivity index (χ4n) is 4.10. The lowest BCUT2D eigenvalue weighted by Crippen LogP contribution is -2.53. The highest BCUT2D eigenvalue weighted by molar-refractivity contribution is 5.95. The van der Waals surface area contributed by atoms with Crippen molar-refractivity contribution in [1.82, 2.24) is 9.80 Å². The highest BCUT2D eigenvalue weighted by Crippen LogP contribution is 2.40. The number of rotatable bonds is 4. The molecule has 7 nitrogen and oxygen atoms in total. The first-order valence-electron chi connectivity index (χ1n) is 9.36. The fraction of sp³-hybridized carbons (Fsp3) is 0.550. The Morgan fingerprint density at radius 3 is 2.52 bits per heavy atom. The second-order valence-electron chi connectivity index (χ2n) is 7.88. The number of carboxylic acids is 1. The van der Waals surface area contributed by atoms with Gasteiger partial charge in [-0.1, -0.05) is 6.07 Å². The van der Waals surface area contributed by atoms with Crippen molar-refractivity contribution >= 4 is 23.5 Å². The third-order valence-electron chi connectivity index (χ3n) is 5.80. The van der Waals surface area contributed by atoms with Crippen LogP contribution in [0.5, 0.6) is 0 Å². The summed E-state index contributed by atoms with van der Waals surface area (Å²) in [7, 11) is 3.89. The van der Waals surface area contributed by atoms with Gasteiger partial charge >= 0.3 is 5.97 Å². The maximum atomic E-state index is 12.9. The van der Waals surface area contributed by atoms with Crippen molar-refractivity contribution in [3.8, 4) is 0 Å². The first-order valence-corrected chi connectivity index (χ1v) is 9.36. The molecule has 2 heterocycles. The molecule has 2 saturated heterocycles. The second kappa shape index (κ2) is 7.58. The number of carbonyl (C=O) groups excluding carboxylic acids is 2. The summed E-state index contributed by atoms with van der Waals surface area (Å²) in [4.78, 5) is 41.2. The highest BCUT2D eigenvalue weighted by atomic mass is 16.4. The van der Waals surface area contributed by atoms with Crippen LogP contribution in [0, 0.1) is 5.41 Å². The summed E-state index contributed by atoms with van der Waals surface area (Å²) in [6.07, 6.45) is 2.78. The van der Waals surface area contributed by atoms with E-state index in [0.717, 1.165) is 24.9 Å². The summed E-state index contributed by atoms with van der Waals surface area (Å²) in [6.45, 7) is 1.52. The topological polar surface area (TPSA) is 81.2 Å². The van der Waals surface area contributed by atoms with Crippen molar-refractivity contribution < 1.29 is 19.5 Å². The molecule has 146 valence electrons. The number of carboxylic acid groups (broad SMARTS) is 1. The van der Waals surface area contributed by atoms with Crippen LogP contribution in [0.15, 0.2) is 24.3 Å². The lowest BCUT2D eigenvalue weighted by atomic mass is 9.72. The first kappa shape index (κ1) is 19.2. The van der Waals surface area contributed by atoms with E-state index in [0.29, 0.717) is 31.6 Å². The van der Waals surface area contributed by atoms with E-state index in [2.05, 4.69) is 0 Å². The van der Waals surface area contributed by atoms with Gasteiger partial charge in [0.15, 0.2) is 0 Å². The van der Waals surface area contributed by atoms with Gasteiger partial charge in [-0.2, -0.15) is 0 Å². The SMILES string of the molecule is CN(C)c1cccc(C(=O)N2CCC3(CCC(=O)N(CC(=O)O)C3)CC2)c1. The van der Waals surface area contributed by atoms with Gasteiger partial charge in [-0.3, -0.25) is 14.4 Å². The van der Waals surface area contributed by atoms with Crippen molar-refractivity contribution in [1.29, 1.82) is 0 Å².